The van der Waals surface area contributed by atoms with Crippen LogP contribution in [0.15, 0.2) is 48.7 Å². The van der Waals surface area contributed by atoms with Crippen molar-refractivity contribution in [3.8, 4) is 0 Å². The number of nitrogens with zero attached hydrogens (tertiary/aromatic N) is 3. The summed E-state index contributed by atoms with van der Waals surface area (Å²) in [5, 5.41) is 9.90. The Labute approximate surface area is 191 Å². The van der Waals surface area contributed by atoms with Crippen LogP contribution in [0.1, 0.15) is 65.8 Å². The molecule has 0 spiro atoms. The van der Waals surface area contributed by atoms with Gasteiger partial charge in [-0.05, 0) is 76.9 Å². The molecule has 0 aromatic carbocycles. The molecule has 1 N–H and O–H groups in total. The van der Waals surface area contributed by atoms with Crippen molar-refractivity contribution >= 4 is 17.1 Å². The van der Waals surface area contributed by atoms with Gasteiger partial charge in [-0.1, -0.05) is 30.4 Å². The number of pyridine rings is 1. The van der Waals surface area contributed by atoms with Gasteiger partial charge < -0.3 is 14.4 Å². The van der Waals surface area contributed by atoms with E-state index in [1.54, 1.807) is 0 Å². The summed E-state index contributed by atoms with van der Waals surface area (Å²) in [5.74, 6) is -0.861. The zero-order valence-corrected chi connectivity index (χ0v) is 19.7. The first-order chi connectivity index (χ1) is 15.4. The first kappa shape index (κ1) is 22.6. The summed E-state index contributed by atoms with van der Waals surface area (Å²) in [6.07, 6.45) is 17.4. The standard InChI is InChI=1S/C27H35N3O2/c1-19-25(27(31)32)17-24-16-22(21-10-8-6-5-7-9-11-21)18-30(24)26(19)20(2)29-14-12-23(13-15-29)28(3)4/h6,8-11,16-18,20,23H,5,7,12-15H2,1-4H3,(H,31,32)/b8-6-,11-9?,21-10?. The molecule has 3 heterocycles. The molecule has 1 aliphatic carbocycles. The monoisotopic (exact) mass is 433 g/mol. The molecule has 0 saturated carbocycles. The van der Waals surface area contributed by atoms with Gasteiger partial charge in [0.05, 0.1) is 5.56 Å². The van der Waals surface area contributed by atoms with E-state index >= 15 is 0 Å². The summed E-state index contributed by atoms with van der Waals surface area (Å²) < 4.78 is 2.22. The van der Waals surface area contributed by atoms with Gasteiger partial charge >= 0.3 is 5.97 Å². The van der Waals surface area contributed by atoms with E-state index in [1.165, 1.54) is 0 Å². The molecule has 0 radical (unpaired) electrons. The van der Waals surface area contributed by atoms with Crippen LogP contribution in [0.2, 0.25) is 0 Å². The topological polar surface area (TPSA) is 48.2 Å². The molecule has 2 aromatic rings. The van der Waals surface area contributed by atoms with Crippen molar-refractivity contribution in [2.45, 2.75) is 51.6 Å². The van der Waals surface area contributed by atoms with Crippen LogP contribution in [-0.2, 0) is 0 Å². The van der Waals surface area contributed by atoms with Crippen molar-refractivity contribution in [2.24, 2.45) is 0 Å². The van der Waals surface area contributed by atoms with Crippen LogP contribution in [0.4, 0.5) is 0 Å². The summed E-state index contributed by atoms with van der Waals surface area (Å²) in [4.78, 5) is 16.9. The Hall–Kier alpha value is -2.63. The summed E-state index contributed by atoms with van der Waals surface area (Å²) in [6.45, 7) is 6.23. The number of hydrogen-bond donors (Lipinski definition) is 1. The summed E-state index contributed by atoms with van der Waals surface area (Å²) in [6, 6.07) is 4.70. The van der Waals surface area contributed by atoms with E-state index in [4.69, 9.17) is 0 Å². The van der Waals surface area contributed by atoms with Crippen LogP contribution in [0.25, 0.3) is 11.1 Å². The van der Waals surface area contributed by atoms with Gasteiger partial charge in [0, 0.05) is 48.1 Å². The number of hydrogen-bond acceptors (Lipinski definition) is 3. The Morgan fingerprint density at radius 3 is 2.56 bits per heavy atom. The molecule has 5 nitrogen and oxygen atoms in total. The van der Waals surface area contributed by atoms with Gasteiger partial charge in [0.25, 0.3) is 0 Å². The lowest BCUT2D eigenvalue weighted by Crippen LogP contribution is -2.43. The molecule has 5 heteroatoms. The maximum absolute atomic E-state index is 12.1. The van der Waals surface area contributed by atoms with Gasteiger partial charge in [0.1, 0.15) is 0 Å². The predicted octanol–water partition coefficient (Wildman–Crippen LogP) is 5.32. The Morgan fingerprint density at radius 2 is 1.88 bits per heavy atom. The predicted molar refractivity (Wildman–Crippen MR) is 131 cm³/mol. The molecule has 1 fully saturated rings. The Bertz CT molecular complexity index is 1080. The number of carbonyl (C=O) groups is 1. The minimum absolute atomic E-state index is 0.141. The molecule has 2 aromatic heterocycles. The van der Waals surface area contributed by atoms with Crippen molar-refractivity contribution in [3.05, 3.63) is 71.1 Å². The Morgan fingerprint density at radius 1 is 1.16 bits per heavy atom. The van der Waals surface area contributed by atoms with Crippen LogP contribution in [0, 0.1) is 6.92 Å². The molecule has 1 atom stereocenters. The quantitative estimate of drug-likeness (QED) is 0.693. The first-order valence-corrected chi connectivity index (χ1v) is 11.7. The third-order valence-electron chi connectivity index (χ3n) is 7.14. The number of aromatic carboxylic acids is 1. The largest absolute Gasteiger partial charge is 0.478 e. The fraction of sp³-hybridized carbons (Fsp3) is 0.444. The van der Waals surface area contributed by atoms with Crippen LogP contribution in [0.3, 0.4) is 0 Å². The van der Waals surface area contributed by atoms with E-state index in [1.807, 2.05) is 13.0 Å². The third-order valence-corrected chi connectivity index (χ3v) is 7.14. The Kier molecular flexibility index (Phi) is 6.68. The normalized spacial score (nSPS) is 20.2. The van der Waals surface area contributed by atoms with Gasteiger partial charge in [-0.15, -0.1) is 0 Å². The van der Waals surface area contributed by atoms with E-state index in [9.17, 15) is 9.90 Å². The second-order valence-corrected chi connectivity index (χ2v) is 9.33. The van der Waals surface area contributed by atoms with Crippen molar-refractivity contribution < 1.29 is 9.90 Å². The lowest BCUT2D eigenvalue weighted by Gasteiger charge is -2.39. The second-order valence-electron chi connectivity index (χ2n) is 9.33. The fourth-order valence-corrected chi connectivity index (χ4v) is 5.15. The van der Waals surface area contributed by atoms with E-state index in [-0.39, 0.29) is 6.04 Å². The Balaban J connectivity index is 1.77. The average Bonchev–Trinajstić information content (AvgIpc) is 3.16. The van der Waals surface area contributed by atoms with E-state index in [0.29, 0.717) is 11.6 Å². The van der Waals surface area contributed by atoms with Gasteiger partial charge in [0.2, 0.25) is 0 Å². The maximum Gasteiger partial charge on any atom is 0.336 e. The third kappa shape index (κ3) is 4.45. The van der Waals surface area contributed by atoms with Gasteiger partial charge in [-0.3, -0.25) is 4.90 Å². The molecule has 1 unspecified atom stereocenters. The molecule has 1 saturated heterocycles. The summed E-state index contributed by atoms with van der Waals surface area (Å²) in [5.41, 5.74) is 5.55. The highest BCUT2D eigenvalue weighted by Gasteiger charge is 2.28. The lowest BCUT2D eigenvalue weighted by atomic mass is 9.98. The molecule has 2 aliphatic rings. The molecule has 0 amide bonds. The summed E-state index contributed by atoms with van der Waals surface area (Å²) >= 11 is 0. The van der Waals surface area contributed by atoms with Crippen molar-refractivity contribution in [1.29, 1.82) is 0 Å². The van der Waals surface area contributed by atoms with E-state index < -0.39 is 5.97 Å². The van der Waals surface area contributed by atoms with Crippen molar-refractivity contribution in [2.75, 3.05) is 27.2 Å². The zero-order chi connectivity index (χ0) is 22.8. The molecular weight excluding hydrogens is 398 g/mol. The van der Waals surface area contributed by atoms with Gasteiger partial charge in [0.15, 0.2) is 0 Å². The van der Waals surface area contributed by atoms with Gasteiger partial charge in [-0.2, -0.15) is 0 Å². The highest BCUT2D eigenvalue weighted by molar-refractivity contribution is 5.92. The first-order valence-electron chi connectivity index (χ1n) is 11.7. The zero-order valence-electron chi connectivity index (χ0n) is 19.7. The fourth-order valence-electron chi connectivity index (χ4n) is 5.15. The average molecular weight is 434 g/mol. The SMILES string of the molecule is Cc1c(C(=O)O)cc2cc(C3=C/C=C\CCC=C3)cn2c1C(C)N1CCC(N(C)C)CC1. The van der Waals surface area contributed by atoms with Crippen LogP contribution >= 0.6 is 0 Å². The summed E-state index contributed by atoms with van der Waals surface area (Å²) in [7, 11) is 4.31. The van der Waals surface area contributed by atoms with Crippen LogP contribution in [-0.4, -0.2) is 58.5 Å². The molecule has 0 bridgehead atoms. The molecule has 1 aliphatic heterocycles. The number of carboxylic acids is 1. The van der Waals surface area contributed by atoms with Crippen LogP contribution in [0.5, 0.6) is 0 Å². The number of rotatable bonds is 5. The van der Waals surface area contributed by atoms with E-state index in [0.717, 1.165) is 66.7 Å². The van der Waals surface area contributed by atoms with Crippen LogP contribution < -0.4 is 0 Å². The van der Waals surface area contributed by atoms with Gasteiger partial charge in [-0.25, -0.2) is 4.79 Å². The molecular formula is C27H35N3O2. The minimum Gasteiger partial charge on any atom is -0.478 e. The number of piperidine rings is 1. The highest BCUT2D eigenvalue weighted by atomic mass is 16.4. The number of aromatic nitrogens is 1. The van der Waals surface area contributed by atoms with Crippen molar-refractivity contribution in [3.63, 3.8) is 0 Å². The minimum atomic E-state index is -0.861. The highest BCUT2D eigenvalue weighted by Crippen LogP contribution is 2.32. The molecule has 170 valence electrons. The maximum atomic E-state index is 12.1. The molecule has 4 rings (SSSR count). The smallest absolute Gasteiger partial charge is 0.336 e. The van der Waals surface area contributed by atoms with E-state index in [2.05, 4.69) is 77.9 Å². The number of fused-ring (bicyclic) bond motifs is 1. The van der Waals surface area contributed by atoms with Crippen molar-refractivity contribution in [1.82, 2.24) is 14.2 Å². The second kappa shape index (κ2) is 9.47. The molecule has 32 heavy (non-hydrogen) atoms. The lowest BCUT2D eigenvalue weighted by molar-refractivity contribution is 0.0695. The number of carboxylic acid groups (broad SMARTS) is 1. The number of likely N-dealkylation sites (tertiary alicyclic amines) is 1. The number of allylic oxidation sites excluding steroid dienone is 6.